The zero-order valence-electron chi connectivity index (χ0n) is 42.4. The molecule has 3 aromatic rings. The van der Waals surface area contributed by atoms with Crippen LogP contribution in [0.2, 0.25) is 0 Å². The van der Waals surface area contributed by atoms with Gasteiger partial charge in [-0.2, -0.15) is 0 Å². The average molecular weight is 943 g/mol. The number of esters is 1. The van der Waals surface area contributed by atoms with Crippen LogP contribution in [0.3, 0.4) is 0 Å². The van der Waals surface area contributed by atoms with Gasteiger partial charge in [-0.1, -0.05) is 234 Å². The number of hydrogen-bond acceptors (Lipinski definition) is 7. The molecule has 374 valence electrons. The molecule has 3 aromatic carbocycles. The normalized spacial score (nSPS) is 27.3. The average Bonchev–Trinajstić information content (AvgIpc) is 3.75. The van der Waals surface area contributed by atoms with Crippen LogP contribution in [0.15, 0.2) is 114 Å². The predicted molar refractivity (Wildman–Crippen MR) is 273 cm³/mol. The van der Waals surface area contributed by atoms with Crippen LogP contribution in [-0.4, -0.2) is 56.5 Å². The van der Waals surface area contributed by atoms with Crippen LogP contribution in [0.25, 0.3) is 0 Å². The third kappa shape index (κ3) is 10.8. The fraction of sp³-hybridized carbons (Fsp3) is 0.590. The number of fused-ring (bicyclic) bond motifs is 5. The van der Waals surface area contributed by atoms with E-state index < -0.39 is 69.2 Å². The lowest BCUT2D eigenvalue weighted by molar-refractivity contribution is -0.188. The van der Waals surface area contributed by atoms with Crippen LogP contribution in [0.4, 0.5) is 0 Å². The molecule has 69 heavy (non-hydrogen) atoms. The lowest BCUT2D eigenvalue weighted by atomic mass is 9.60. The maximum atomic E-state index is 14.1. The van der Waals surface area contributed by atoms with E-state index >= 15 is 0 Å². The number of hydrogen-bond donors (Lipinski definition) is 3. The summed E-state index contributed by atoms with van der Waals surface area (Å²) in [6.45, 7) is 10.0. The first-order valence-corrected chi connectivity index (χ1v) is 26.8. The maximum Gasteiger partial charge on any atom is 0.307 e. The van der Waals surface area contributed by atoms with E-state index in [4.69, 9.17) is 9.47 Å². The van der Waals surface area contributed by atoms with Gasteiger partial charge in [0.05, 0.1) is 24.5 Å². The Balaban J connectivity index is 1.04. The van der Waals surface area contributed by atoms with Crippen molar-refractivity contribution in [3.05, 3.63) is 131 Å². The topological polar surface area (TPSA) is 130 Å². The molecular formula is C61H82O8. The summed E-state index contributed by atoms with van der Waals surface area (Å²) in [4.78, 5) is 40.8. The van der Waals surface area contributed by atoms with Crippen molar-refractivity contribution >= 4 is 17.7 Å². The smallest absolute Gasteiger partial charge is 0.307 e. The second-order valence-electron chi connectivity index (χ2n) is 22.1. The maximum absolute atomic E-state index is 14.1. The monoisotopic (exact) mass is 943 g/mol. The van der Waals surface area contributed by atoms with Crippen molar-refractivity contribution in [2.45, 2.75) is 185 Å². The van der Waals surface area contributed by atoms with Crippen molar-refractivity contribution in [2.24, 2.45) is 35.0 Å². The zero-order valence-corrected chi connectivity index (χ0v) is 42.4. The Morgan fingerprint density at radius 2 is 1.17 bits per heavy atom. The van der Waals surface area contributed by atoms with E-state index in [0.29, 0.717) is 24.0 Å². The summed E-state index contributed by atoms with van der Waals surface area (Å²) < 4.78 is 13.9. The van der Waals surface area contributed by atoms with Gasteiger partial charge in [0.15, 0.2) is 5.78 Å². The van der Waals surface area contributed by atoms with E-state index in [1.165, 1.54) is 77.0 Å². The van der Waals surface area contributed by atoms with E-state index in [2.05, 4.69) is 20.8 Å². The molecule has 4 aliphatic carbocycles. The van der Waals surface area contributed by atoms with Gasteiger partial charge in [-0.25, -0.2) is 0 Å². The van der Waals surface area contributed by atoms with Gasteiger partial charge >= 0.3 is 11.9 Å². The van der Waals surface area contributed by atoms with Gasteiger partial charge in [-0.05, 0) is 53.5 Å². The van der Waals surface area contributed by atoms with Crippen molar-refractivity contribution in [2.75, 3.05) is 6.61 Å². The minimum absolute atomic E-state index is 0.0284. The molecule has 4 aliphatic rings. The quantitative estimate of drug-likeness (QED) is 0.0298. The van der Waals surface area contributed by atoms with Gasteiger partial charge < -0.3 is 24.8 Å². The number of carboxylic acid groups (broad SMARTS) is 1. The summed E-state index contributed by atoms with van der Waals surface area (Å²) in [5.74, 6) is -5.17. The third-order valence-electron chi connectivity index (χ3n) is 17.2. The van der Waals surface area contributed by atoms with Crippen molar-refractivity contribution in [1.29, 1.82) is 0 Å². The second-order valence-corrected chi connectivity index (χ2v) is 22.1. The summed E-state index contributed by atoms with van der Waals surface area (Å²) in [5.41, 5.74) is -2.31. The molecule has 2 saturated carbocycles. The number of unbranched alkanes of at least 4 members (excludes halogenated alkanes) is 15. The summed E-state index contributed by atoms with van der Waals surface area (Å²) in [5, 5.41) is 36.3. The molecule has 0 radical (unpaired) electrons. The highest BCUT2D eigenvalue weighted by atomic mass is 16.6. The number of aliphatic carboxylic acids is 1. The summed E-state index contributed by atoms with van der Waals surface area (Å²) in [6, 6.07) is 30.1. The van der Waals surface area contributed by atoms with Gasteiger partial charge in [0.25, 0.3) is 0 Å². The lowest BCUT2D eigenvalue weighted by Crippen LogP contribution is -2.61. The number of carbonyl (C=O) groups is 3. The second kappa shape index (κ2) is 22.8. The predicted octanol–water partition coefficient (Wildman–Crippen LogP) is 13.3. The van der Waals surface area contributed by atoms with E-state index in [1.807, 2.05) is 104 Å². The van der Waals surface area contributed by atoms with Crippen molar-refractivity contribution < 1.29 is 39.2 Å². The molecule has 8 nitrogen and oxygen atoms in total. The number of ether oxygens (including phenoxy) is 2. The Kier molecular flexibility index (Phi) is 17.3. The number of carbonyl (C=O) groups excluding carboxylic acids is 2. The Morgan fingerprint density at radius 1 is 0.710 bits per heavy atom. The van der Waals surface area contributed by atoms with Crippen LogP contribution in [-0.2, 0) is 29.5 Å². The standard InChI is InChI=1S/C61H82O8/c1-6-7-8-9-10-11-12-13-14-15-16-17-18-19-20-24-31-47(56(64)65)40-53(62)69-59-41-45(3)60(67)51(54(59)57(59,4)5)39-46(42-58(66)52(60)38-44(2)55(58)63)43-68-61(48-32-25-21-26-33-48,49-34-27-22-28-35-49)50-36-29-23-30-37-50/h21-23,25-30,32-39,45,47,51-52,54,66-67H,6-20,24,31,40-43H2,1-5H3,(H,64,65)/t45-,47?,51+,52-,54-,58-,59?,60-/m1/s1. The number of Topliss-reactive ketones (excluding diaryl/α,β-unsaturated/α-hetero) is 1. The van der Waals surface area contributed by atoms with Crippen molar-refractivity contribution in [1.82, 2.24) is 0 Å². The third-order valence-corrected chi connectivity index (χ3v) is 17.2. The number of ketones is 1. The molecular weight excluding hydrogens is 861 g/mol. The molecule has 8 atom stereocenters. The van der Waals surface area contributed by atoms with Gasteiger partial charge in [0, 0.05) is 29.6 Å². The highest BCUT2D eigenvalue weighted by molar-refractivity contribution is 6.04. The van der Waals surface area contributed by atoms with Crippen LogP contribution in [0, 0.1) is 35.0 Å². The van der Waals surface area contributed by atoms with Gasteiger partial charge in [-0.3, -0.25) is 14.4 Å². The van der Waals surface area contributed by atoms with E-state index in [1.54, 1.807) is 13.0 Å². The Bertz CT molecular complexity index is 2140. The summed E-state index contributed by atoms with van der Waals surface area (Å²) >= 11 is 0. The zero-order chi connectivity index (χ0) is 49.3. The molecule has 8 heteroatoms. The van der Waals surface area contributed by atoms with Crippen LogP contribution in [0.5, 0.6) is 0 Å². The van der Waals surface area contributed by atoms with Crippen molar-refractivity contribution in [3.63, 3.8) is 0 Å². The van der Waals surface area contributed by atoms with Gasteiger partial charge in [0.2, 0.25) is 0 Å². The van der Waals surface area contributed by atoms with Crippen molar-refractivity contribution in [3.8, 4) is 0 Å². The minimum atomic E-state index is -1.91. The summed E-state index contributed by atoms with van der Waals surface area (Å²) in [7, 11) is 0. The Hall–Kier alpha value is -4.37. The molecule has 0 bridgehead atoms. The van der Waals surface area contributed by atoms with E-state index in [0.717, 1.165) is 42.4 Å². The molecule has 7 rings (SSSR count). The minimum Gasteiger partial charge on any atom is -0.481 e. The largest absolute Gasteiger partial charge is 0.481 e. The Labute approximate surface area is 413 Å². The fourth-order valence-corrected chi connectivity index (χ4v) is 13.3. The highest BCUT2D eigenvalue weighted by Gasteiger charge is 2.83. The first-order valence-electron chi connectivity index (χ1n) is 26.8. The number of benzene rings is 3. The van der Waals surface area contributed by atoms with Crippen LogP contribution in [0.1, 0.15) is 180 Å². The molecule has 0 aliphatic heterocycles. The molecule has 0 aromatic heterocycles. The number of carboxylic acids is 1. The molecule has 3 N–H and O–H groups in total. The number of aliphatic hydroxyl groups is 2. The van der Waals surface area contributed by atoms with E-state index in [9.17, 15) is 29.7 Å². The first-order chi connectivity index (χ1) is 33.2. The van der Waals surface area contributed by atoms with Gasteiger partial charge in [-0.15, -0.1) is 0 Å². The molecule has 2 unspecified atom stereocenters. The molecule has 0 spiro atoms. The van der Waals surface area contributed by atoms with E-state index in [-0.39, 0.29) is 25.4 Å². The highest BCUT2D eigenvalue weighted by Crippen LogP contribution is 2.76. The SMILES string of the molecule is CCCCCCCCCCCCCCCCCCC(CC(=O)OC12C[C@@H](C)[C@@]3(O)[C@@H](C=C(COC(c4ccccc4)(c4ccccc4)c4ccccc4)C[C@]4(O)C(=O)C(C)=C[C@@H]34)[C@@H]1C2(C)C)C(=O)O. The van der Waals surface area contributed by atoms with Crippen LogP contribution < -0.4 is 0 Å². The molecule has 0 amide bonds. The first kappa shape index (κ1) is 52.5. The molecule has 2 fully saturated rings. The molecule has 0 saturated heterocycles. The number of rotatable bonds is 27. The summed E-state index contributed by atoms with van der Waals surface area (Å²) in [6.07, 6.45) is 24.1. The van der Waals surface area contributed by atoms with Gasteiger partial charge in [0.1, 0.15) is 16.8 Å². The molecule has 0 heterocycles. The fourth-order valence-electron chi connectivity index (χ4n) is 13.3. The Morgan fingerprint density at radius 3 is 1.64 bits per heavy atom. The van der Waals surface area contributed by atoms with Crippen LogP contribution >= 0.6 is 0 Å². The lowest BCUT2D eigenvalue weighted by Gasteiger charge is -2.50.